The molecule has 0 aromatic rings. The highest BCUT2D eigenvalue weighted by atomic mass is 14.6. The van der Waals surface area contributed by atoms with Crippen molar-refractivity contribution >= 4 is 6.72 Å². The molecule has 0 aliphatic carbocycles. The SMILES string of the molecule is C/C=C\C.C=C.C=NCC. The van der Waals surface area contributed by atoms with Gasteiger partial charge in [0, 0.05) is 6.54 Å². The van der Waals surface area contributed by atoms with Crippen LogP contribution in [0.4, 0.5) is 0 Å². The number of nitrogens with zero attached hydrogens (tertiary/aromatic N) is 1. The second-order valence-corrected chi connectivity index (χ2v) is 1.21. The second kappa shape index (κ2) is 42.0. The number of rotatable bonds is 1. The Hall–Kier alpha value is -0.850. The molecule has 0 heterocycles. The normalized spacial score (nSPS) is 6.70. The van der Waals surface area contributed by atoms with Crippen molar-refractivity contribution in [3.8, 4) is 0 Å². The van der Waals surface area contributed by atoms with Gasteiger partial charge in [0.05, 0.1) is 0 Å². The Kier molecular flexibility index (Phi) is 67.5. The minimum absolute atomic E-state index is 0.833. The fourth-order valence-electron chi connectivity index (χ4n) is 0. The minimum atomic E-state index is 0.833. The Labute approximate surface area is 65.2 Å². The lowest BCUT2D eigenvalue weighted by atomic mass is 10.6. The van der Waals surface area contributed by atoms with E-state index in [2.05, 4.69) is 24.9 Å². The molecule has 0 aromatic heterocycles. The van der Waals surface area contributed by atoms with Gasteiger partial charge in [-0.25, -0.2) is 0 Å². The molecule has 1 heteroatoms. The maximum absolute atomic E-state index is 3.49. The van der Waals surface area contributed by atoms with Crippen LogP contribution in [0.15, 0.2) is 30.3 Å². The molecule has 0 radical (unpaired) electrons. The van der Waals surface area contributed by atoms with E-state index in [9.17, 15) is 0 Å². The van der Waals surface area contributed by atoms with E-state index >= 15 is 0 Å². The van der Waals surface area contributed by atoms with Gasteiger partial charge in [-0.1, -0.05) is 12.2 Å². The monoisotopic (exact) mass is 141 g/mol. The molecule has 0 saturated heterocycles. The summed E-state index contributed by atoms with van der Waals surface area (Å²) >= 11 is 0. The number of hydrogen-bond donors (Lipinski definition) is 0. The second-order valence-electron chi connectivity index (χ2n) is 1.21. The molecule has 0 bridgehead atoms. The summed E-state index contributed by atoms with van der Waals surface area (Å²) in [5, 5.41) is 0. The Balaban J connectivity index is -0.0000000787. The molecule has 0 rings (SSSR count). The first-order valence-corrected chi connectivity index (χ1v) is 3.33. The highest BCUT2D eigenvalue weighted by Crippen LogP contribution is 1.57. The molecule has 0 fully saturated rings. The molecule has 0 aliphatic rings. The van der Waals surface area contributed by atoms with Crippen LogP contribution in [0.1, 0.15) is 20.8 Å². The van der Waals surface area contributed by atoms with E-state index in [0.29, 0.717) is 0 Å². The van der Waals surface area contributed by atoms with Crippen LogP contribution in [0.25, 0.3) is 0 Å². The van der Waals surface area contributed by atoms with Crippen molar-refractivity contribution in [3.05, 3.63) is 25.3 Å². The zero-order valence-electron chi connectivity index (χ0n) is 7.43. The summed E-state index contributed by atoms with van der Waals surface area (Å²) in [7, 11) is 0. The van der Waals surface area contributed by atoms with Gasteiger partial charge in [-0.2, -0.15) is 0 Å². The molecular formula is C9H19N. The van der Waals surface area contributed by atoms with Crippen molar-refractivity contribution in [1.29, 1.82) is 0 Å². The third-order valence-corrected chi connectivity index (χ3v) is 0.557. The Morgan fingerprint density at radius 2 is 1.40 bits per heavy atom. The van der Waals surface area contributed by atoms with E-state index in [1.165, 1.54) is 0 Å². The molecule has 0 spiro atoms. The fourth-order valence-corrected chi connectivity index (χ4v) is 0. The van der Waals surface area contributed by atoms with E-state index in [1.54, 1.807) is 0 Å². The van der Waals surface area contributed by atoms with Crippen molar-refractivity contribution in [3.63, 3.8) is 0 Å². The van der Waals surface area contributed by atoms with Crippen molar-refractivity contribution in [2.75, 3.05) is 6.54 Å². The summed E-state index contributed by atoms with van der Waals surface area (Å²) < 4.78 is 0. The molecule has 0 amide bonds. The predicted molar refractivity (Wildman–Crippen MR) is 51.8 cm³/mol. The van der Waals surface area contributed by atoms with Gasteiger partial charge in [-0.15, -0.1) is 13.2 Å². The summed E-state index contributed by atoms with van der Waals surface area (Å²) in [6, 6.07) is 0. The predicted octanol–water partition coefficient (Wildman–Crippen LogP) is 3.09. The van der Waals surface area contributed by atoms with Gasteiger partial charge in [0.25, 0.3) is 0 Å². The quantitative estimate of drug-likeness (QED) is 0.393. The molecule has 1 nitrogen and oxygen atoms in total. The molecular weight excluding hydrogens is 122 g/mol. The summed E-state index contributed by atoms with van der Waals surface area (Å²) in [5.74, 6) is 0. The first-order chi connectivity index (χ1) is 4.83. The number of aliphatic imine (C=N–C) groups is 1. The largest absolute Gasteiger partial charge is 0.301 e. The van der Waals surface area contributed by atoms with Gasteiger partial charge in [0.1, 0.15) is 0 Å². The maximum atomic E-state index is 3.49. The lowest BCUT2D eigenvalue weighted by Crippen LogP contribution is -1.54. The van der Waals surface area contributed by atoms with Crippen LogP contribution in [0, 0.1) is 0 Å². The fraction of sp³-hybridized carbons (Fsp3) is 0.444. The van der Waals surface area contributed by atoms with Crippen molar-refractivity contribution in [1.82, 2.24) is 0 Å². The van der Waals surface area contributed by atoms with Crippen LogP contribution < -0.4 is 0 Å². The van der Waals surface area contributed by atoms with Crippen LogP contribution >= 0.6 is 0 Å². The average Bonchev–Trinajstić information content (AvgIpc) is 2.08. The molecule has 0 N–H and O–H groups in total. The van der Waals surface area contributed by atoms with Crippen molar-refractivity contribution < 1.29 is 0 Å². The smallest absolute Gasteiger partial charge is 0.0353 e. The molecule has 0 unspecified atom stereocenters. The summed E-state index contributed by atoms with van der Waals surface area (Å²) in [6.45, 7) is 16.0. The standard InChI is InChI=1S/C4H8.C3H7N.C2H4/c2*1-3-4-2;1-2/h3-4H,1-2H3;2-3H2,1H3;1-2H2/b4-3-;;. The summed E-state index contributed by atoms with van der Waals surface area (Å²) in [4.78, 5) is 3.49. The molecule has 0 saturated carbocycles. The number of allylic oxidation sites excluding steroid dienone is 2. The van der Waals surface area contributed by atoms with Crippen LogP contribution in [0.5, 0.6) is 0 Å². The Bertz CT molecular complexity index is 61.1. The van der Waals surface area contributed by atoms with Crippen LogP contribution in [-0.2, 0) is 0 Å². The van der Waals surface area contributed by atoms with Gasteiger partial charge in [0.2, 0.25) is 0 Å². The van der Waals surface area contributed by atoms with Gasteiger partial charge in [-0.05, 0) is 27.5 Å². The van der Waals surface area contributed by atoms with Crippen LogP contribution in [0.3, 0.4) is 0 Å². The molecule has 0 aliphatic heterocycles. The lowest BCUT2D eigenvalue weighted by molar-refractivity contribution is 1.15. The molecule has 60 valence electrons. The first-order valence-electron chi connectivity index (χ1n) is 3.33. The van der Waals surface area contributed by atoms with E-state index in [4.69, 9.17) is 0 Å². The molecule has 10 heavy (non-hydrogen) atoms. The number of hydrogen-bond acceptors (Lipinski definition) is 1. The molecule has 0 aromatic carbocycles. The van der Waals surface area contributed by atoms with Gasteiger partial charge < -0.3 is 4.99 Å². The minimum Gasteiger partial charge on any atom is -0.301 e. The van der Waals surface area contributed by atoms with Crippen LogP contribution in [-0.4, -0.2) is 13.3 Å². The third kappa shape index (κ3) is 204. The van der Waals surface area contributed by atoms with Crippen LogP contribution in [0.2, 0.25) is 0 Å². The highest BCUT2D eigenvalue weighted by Gasteiger charge is 1.43. The summed E-state index contributed by atoms with van der Waals surface area (Å²) in [5.41, 5.74) is 0. The maximum Gasteiger partial charge on any atom is 0.0353 e. The Morgan fingerprint density at radius 1 is 1.20 bits per heavy atom. The molecule has 0 atom stereocenters. The van der Waals surface area contributed by atoms with Crippen molar-refractivity contribution in [2.24, 2.45) is 4.99 Å². The van der Waals surface area contributed by atoms with Gasteiger partial charge in [0.15, 0.2) is 0 Å². The van der Waals surface area contributed by atoms with E-state index < -0.39 is 0 Å². The summed E-state index contributed by atoms with van der Waals surface area (Å²) in [6.07, 6.45) is 4.00. The van der Waals surface area contributed by atoms with E-state index in [1.807, 2.05) is 32.9 Å². The zero-order valence-corrected chi connectivity index (χ0v) is 7.43. The van der Waals surface area contributed by atoms with Crippen molar-refractivity contribution in [2.45, 2.75) is 20.8 Å². The Morgan fingerprint density at radius 3 is 1.40 bits per heavy atom. The highest BCUT2D eigenvalue weighted by molar-refractivity contribution is 5.22. The first kappa shape index (κ1) is 16.1. The van der Waals surface area contributed by atoms with E-state index in [0.717, 1.165) is 6.54 Å². The topological polar surface area (TPSA) is 12.4 Å². The van der Waals surface area contributed by atoms with E-state index in [-0.39, 0.29) is 0 Å². The van der Waals surface area contributed by atoms with Gasteiger partial charge in [-0.3, -0.25) is 0 Å². The zero-order chi connectivity index (χ0) is 8.83. The van der Waals surface area contributed by atoms with Gasteiger partial charge >= 0.3 is 0 Å². The average molecular weight is 141 g/mol. The third-order valence-electron chi connectivity index (χ3n) is 0.557. The lowest BCUT2D eigenvalue weighted by Gasteiger charge is -1.61.